The molecule has 0 spiro atoms. The zero-order valence-corrected chi connectivity index (χ0v) is 25.3. The molecular formula is C32H42N6O6. The van der Waals surface area contributed by atoms with Gasteiger partial charge in [-0.3, -0.25) is 10.0 Å². The van der Waals surface area contributed by atoms with Crippen LogP contribution >= 0.6 is 0 Å². The first kappa shape index (κ1) is 30.4. The first-order chi connectivity index (χ1) is 21.6. The van der Waals surface area contributed by atoms with Gasteiger partial charge in [0.25, 0.3) is 0 Å². The number of hydroxylamine groups is 1. The Morgan fingerprint density at radius 1 is 1.02 bits per heavy atom. The number of ether oxygens (including phenoxy) is 3. The number of carbonyl (C=O) groups is 1. The number of nitrogens with one attached hydrogen (secondary N) is 1. The summed E-state index contributed by atoms with van der Waals surface area (Å²) >= 11 is 0. The number of fused-ring (bicyclic) bond motifs is 3. The maximum atomic E-state index is 11.1. The summed E-state index contributed by atoms with van der Waals surface area (Å²) in [4.78, 5) is 31.0. The Bertz CT molecular complexity index is 1440. The summed E-state index contributed by atoms with van der Waals surface area (Å²) in [7, 11) is 0. The molecule has 3 saturated heterocycles. The zero-order valence-electron chi connectivity index (χ0n) is 25.3. The summed E-state index contributed by atoms with van der Waals surface area (Å²) in [6.07, 6.45) is 5.79. The number of aliphatic hydroxyl groups is 1. The Morgan fingerprint density at radius 3 is 2.61 bits per heavy atom. The number of pyridine rings is 1. The highest BCUT2D eigenvalue weighted by Crippen LogP contribution is 2.36. The quantitative estimate of drug-likeness (QED) is 0.158. The Kier molecular flexibility index (Phi) is 9.70. The summed E-state index contributed by atoms with van der Waals surface area (Å²) in [5.41, 5.74) is 4.64. The average molecular weight is 607 g/mol. The second-order valence-electron chi connectivity index (χ2n) is 11.9. The van der Waals surface area contributed by atoms with E-state index >= 15 is 0 Å². The Balaban J connectivity index is 1.23. The molecule has 3 aromatic rings. The van der Waals surface area contributed by atoms with E-state index in [1.165, 1.54) is 0 Å². The maximum Gasteiger partial charge on any atom is 0.243 e. The fraction of sp³-hybridized carbons (Fsp3) is 0.562. The van der Waals surface area contributed by atoms with Crippen LogP contribution in [0.2, 0.25) is 0 Å². The van der Waals surface area contributed by atoms with Gasteiger partial charge >= 0.3 is 0 Å². The van der Waals surface area contributed by atoms with E-state index in [2.05, 4.69) is 22.8 Å². The largest absolute Gasteiger partial charge is 0.493 e. The highest BCUT2D eigenvalue weighted by molar-refractivity contribution is 5.90. The number of hydrogen-bond donors (Lipinski definition) is 3. The van der Waals surface area contributed by atoms with Gasteiger partial charge in [0.05, 0.1) is 68.8 Å². The molecule has 236 valence electrons. The number of morpholine rings is 2. The van der Waals surface area contributed by atoms with Gasteiger partial charge in [-0.1, -0.05) is 12.8 Å². The molecule has 2 unspecified atom stereocenters. The number of nitrogens with zero attached hydrogens (tertiary/aromatic N) is 5. The number of hydrogen-bond acceptors (Lipinski definition) is 11. The number of aliphatic hydroxyl groups excluding tert-OH is 1. The lowest BCUT2D eigenvalue weighted by Crippen LogP contribution is -2.47. The normalized spacial score (nSPS) is 21.6. The van der Waals surface area contributed by atoms with Crippen molar-refractivity contribution in [3.8, 4) is 17.0 Å². The smallest absolute Gasteiger partial charge is 0.243 e. The number of anilines is 2. The molecule has 1 aromatic carbocycles. The molecule has 12 heteroatoms. The van der Waals surface area contributed by atoms with Crippen LogP contribution in [0.4, 0.5) is 11.8 Å². The van der Waals surface area contributed by atoms with Crippen LogP contribution in [-0.4, -0.2) is 88.9 Å². The number of amides is 1. The van der Waals surface area contributed by atoms with Gasteiger partial charge in [-0.25, -0.2) is 10.5 Å². The monoisotopic (exact) mass is 606 g/mol. The van der Waals surface area contributed by atoms with Crippen molar-refractivity contribution >= 4 is 28.7 Å². The van der Waals surface area contributed by atoms with Crippen molar-refractivity contribution in [2.24, 2.45) is 0 Å². The molecule has 44 heavy (non-hydrogen) atoms. The molecule has 3 atom stereocenters. The van der Waals surface area contributed by atoms with Gasteiger partial charge in [-0.15, -0.1) is 0 Å². The molecule has 0 aliphatic carbocycles. The van der Waals surface area contributed by atoms with Gasteiger partial charge in [0.15, 0.2) is 5.65 Å². The van der Waals surface area contributed by atoms with Crippen LogP contribution in [0.25, 0.3) is 22.3 Å². The van der Waals surface area contributed by atoms with E-state index in [0.29, 0.717) is 68.8 Å². The van der Waals surface area contributed by atoms with E-state index in [-0.39, 0.29) is 30.6 Å². The SMILES string of the molecule is C[C@H]1COCCN1c1nc(N2C3CCC2COC3)nc2nc(-c3ccc(OCCCCCCC(=O)NO)c(CO)c3)ccc12. The molecule has 0 saturated carbocycles. The highest BCUT2D eigenvalue weighted by atomic mass is 16.5. The van der Waals surface area contributed by atoms with E-state index in [1.807, 2.05) is 24.3 Å². The Labute approximate surface area is 257 Å². The van der Waals surface area contributed by atoms with Crippen LogP contribution in [-0.2, 0) is 20.9 Å². The predicted octanol–water partition coefficient (Wildman–Crippen LogP) is 3.61. The molecule has 12 nitrogen and oxygen atoms in total. The van der Waals surface area contributed by atoms with Crippen LogP contribution in [0, 0.1) is 0 Å². The average Bonchev–Trinajstić information content (AvgIpc) is 3.31. The first-order valence-corrected chi connectivity index (χ1v) is 15.7. The molecule has 2 aromatic heterocycles. The predicted molar refractivity (Wildman–Crippen MR) is 165 cm³/mol. The fourth-order valence-corrected chi connectivity index (χ4v) is 6.46. The molecule has 3 N–H and O–H groups in total. The third kappa shape index (κ3) is 6.58. The van der Waals surface area contributed by atoms with Crippen molar-refractivity contribution in [2.45, 2.75) is 76.6 Å². The molecule has 0 radical (unpaired) electrons. The molecule has 2 bridgehead atoms. The number of unbranched alkanes of at least 4 members (excludes halogenated alkanes) is 3. The topological polar surface area (TPSA) is 142 Å². The summed E-state index contributed by atoms with van der Waals surface area (Å²) in [6, 6.07) is 10.6. The standard InChI is InChI=1S/C32H42N6O6/c1-21-18-42-15-13-37(21)31-26-10-11-27(33-30(26)34-32(35-31)38-24-8-9-25(38)20-43-19-24)22-7-12-28(23(16-22)17-39)44-14-5-3-2-4-6-29(40)36-41/h7,10-12,16,21,24-25,39,41H,2-6,8-9,13-15,17-20H2,1H3,(H,36,40)/t21-,24?,25?/m0/s1. The van der Waals surface area contributed by atoms with Crippen LogP contribution in [0.5, 0.6) is 5.75 Å². The number of aromatic nitrogens is 3. The van der Waals surface area contributed by atoms with E-state index in [0.717, 1.165) is 61.1 Å². The summed E-state index contributed by atoms with van der Waals surface area (Å²) in [6.45, 7) is 5.96. The zero-order chi connectivity index (χ0) is 30.5. The highest BCUT2D eigenvalue weighted by Gasteiger charge is 2.39. The van der Waals surface area contributed by atoms with Gasteiger partial charge < -0.3 is 29.1 Å². The fourth-order valence-electron chi connectivity index (χ4n) is 6.46. The van der Waals surface area contributed by atoms with Crippen LogP contribution < -0.4 is 20.0 Å². The van der Waals surface area contributed by atoms with Crippen molar-refractivity contribution in [2.75, 3.05) is 49.4 Å². The lowest BCUT2D eigenvalue weighted by molar-refractivity contribution is -0.129. The lowest BCUT2D eigenvalue weighted by atomic mass is 10.1. The summed E-state index contributed by atoms with van der Waals surface area (Å²) < 4.78 is 17.5. The van der Waals surface area contributed by atoms with Gasteiger partial charge in [-0.05, 0) is 62.9 Å². The van der Waals surface area contributed by atoms with Crippen molar-refractivity contribution in [3.63, 3.8) is 0 Å². The van der Waals surface area contributed by atoms with Gasteiger partial charge in [0, 0.05) is 24.1 Å². The number of benzene rings is 1. The number of rotatable bonds is 12. The van der Waals surface area contributed by atoms with Crippen molar-refractivity contribution in [1.29, 1.82) is 0 Å². The van der Waals surface area contributed by atoms with E-state index in [1.54, 1.807) is 5.48 Å². The van der Waals surface area contributed by atoms with E-state index in [9.17, 15) is 9.90 Å². The minimum Gasteiger partial charge on any atom is -0.493 e. The van der Waals surface area contributed by atoms with Crippen molar-refractivity contribution in [1.82, 2.24) is 20.4 Å². The number of carbonyl (C=O) groups excluding carboxylic acids is 1. The third-order valence-corrected chi connectivity index (χ3v) is 8.85. The maximum absolute atomic E-state index is 11.1. The van der Waals surface area contributed by atoms with Crippen molar-refractivity contribution in [3.05, 3.63) is 35.9 Å². The summed E-state index contributed by atoms with van der Waals surface area (Å²) in [5.74, 6) is 1.89. The molecule has 6 rings (SSSR count). The van der Waals surface area contributed by atoms with E-state index < -0.39 is 0 Å². The van der Waals surface area contributed by atoms with Gasteiger partial charge in [0.2, 0.25) is 11.9 Å². The third-order valence-electron chi connectivity index (χ3n) is 8.85. The van der Waals surface area contributed by atoms with Crippen LogP contribution in [0.3, 0.4) is 0 Å². The minimum atomic E-state index is -0.362. The second-order valence-corrected chi connectivity index (χ2v) is 11.9. The molecule has 3 fully saturated rings. The second kappa shape index (κ2) is 14.0. The first-order valence-electron chi connectivity index (χ1n) is 15.7. The van der Waals surface area contributed by atoms with Gasteiger partial charge in [-0.2, -0.15) is 9.97 Å². The minimum absolute atomic E-state index is 0.155. The molecule has 3 aliphatic heterocycles. The Morgan fingerprint density at radius 2 is 1.84 bits per heavy atom. The molecule has 1 amide bonds. The van der Waals surface area contributed by atoms with Crippen LogP contribution in [0.15, 0.2) is 30.3 Å². The van der Waals surface area contributed by atoms with E-state index in [4.69, 9.17) is 34.4 Å². The molecule has 3 aliphatic rings. The van der Waals surface area contributed by atoms with Gasteiger partial charge in [0.1, 0.15) is 11.6 Å². The Hall–Kier alpha value is -3.58. The van der Waals surface area contributed by atoms with Crippen LogP contribution in [0.1, 0.15) is 57.4 Å². The van der Waals surface area contributed by atoms with Crippen molar-refractivity contribution < 1.29 is 29.3 Å². The lowest BCUT2D eigenvalue weighted by Gasteiger charge is -2.37. The molecular weight excluding hydrogens is 564 g/mol. The molecule has 5 heterocycles. The summed E-state index contributed by atoms with van der Waals surface area (Å²) in [5, 5.41) is 19.6.